The zero-order chi connectivity index (χ0) is 13.0. The first-order valence-electron chi connectivity index (χ1n) is 5.87. The van der Waals surface area contributed by atoms with Gasteiger partial charge >= 0.3 is 0 Å². The van der Waals surface area contributed by atoms with Crippen LogP contribution < -0.4 is 11.1 Å². The minimum Gasteiger partial charge on any atom is -0.268 e. The normalized spacial score (nSPS) is 12.7. The number of aromatic amines is 1. The highest BCUT2D eigenvalue weighted by atomic mass is 79.9. The number of nitrogens with zero attached hydrogens (tertiary/aromatic N) is 1. The summed E-state index contributed by atoms with van der Waals surface area (Å²) >= 11 is 3.44. The van der Waals surface area contributed by atoms with Gasteiger partial charge in [-0.3, -0.25) is 14.7 Å². The average molecular weight is 303 g/mol. The third-order valence-electron chi connectivity index (χ3n) is 3.06. The minimum absolute atomic E-state index is 0.0934. The number of H-pyrrole nitrogens is 1. The van der Waals surface area contributed by atoms with Crippen LogP contribution in [0.3, 0.4) is 0 Å². The van der Waals surface area contributed by atoms with E-state index in [0.717, 1.165) is 18.2 Å². The molecule has 0 bridgehead atoms. The molecule has 0 saturated carbocycles. The van der Waals surface area contributed by atoms with Gasteiger partial charge < -0.3 is 0 Å². The minimum atomic E-state index is -0.174. The molecule has 1 rings (SSSR count). The number of aromatic nitrogens is 2. The summed E-state index contributed by atoms with van der Waals surface area (Å²) in [5.74, 6) is 0.371. The van der Waals surface area contributed by atoms with E-state index in [1.165, 1.54) is 4.68 Å². The molecule has 17 heavy (non-hydrogen) atoms. The average Bonchev–Trinajstić information content (AvgIpc) is 2.32. The van der Waals surface area contributed by atoms with Crippen molar-refractivity contribution >= 4 is 15.9 Å². The Morgan fingerprint density at radius 3 is 2.47 bits per heavy atom. The van der Waals surface area contributed by atoms with Crippen molar-refractivity contribution in [1.82, 2.24) is 9.78 Å². The molecule has 0 radical (unpaired) electrons. The van der Waals surface area contributed by atoms with Crippen LogP contribution in [0, 0.1) is 19.8 Å². The summed E-state index contributed by atoms with van der Waals surface area (Å²) in [6.45, 7) is 6.05. The molecule has 0 aliphatic heterocycles. The summed E-state index contributed by atoms with van der Waals surface area (Å²) in [4.78, 5) is 23.6. The second kappa shape index (κ2) is 6.19. The molecule has 1 aromatic heterocycles. The molecule has 0 amide bonds. The molecule has 1 N–H and O–H groups in total. The van der Waals surface area contributed by atoms with Gasteiger partial charge in [0.25, 0.3) is 11.1 Å². The smallest absolute Gasteiger partial charge is 0.268 e. The summed E-state index contributed by atoms with van der Waals surface area (Å²) in [6.07, 6.45) is 2.10. The zero-order valence-electron chi connectivity index (χ0n) is 10.5. The van der Waals surface area contributed by atoms with Crippen LogP contribution in [-0.4, -0.2) is 15.1 Å². The van der Waals surface area contributed by atoms with Crippen LogP contribution in [0.5, 0.6) is 0 Å². The highest BCUT2D eigenvalue weighted by Gasteiger charge is 2.11. The van der Waals surface area contributed by atoms with Gasteiger partial charge in [0, 0.05) is 23.0 Å². The summed E-state index contributed by atoms with van der Waals surface area (Å²) in [6, 6.07) is 0. The maximum absolute atomic E-state index is 12.0. The summed E-state index contributed by atoms with van der Waals surface area (Å²) < 4.78 is 1.44. The standard InChI is InChI=1S/C12H19BrN2O2/c1-4-5-10(6-13)7-15-12(17)9(3)8(2)11(16)14-15/h10H,4-7H2,1-3H3,(H,14,16). The Bertz CT molecular complexity index is 490. The van der Waals surface area contributed by atoms with Crippen LogP contribution in [-0.2, 0) is 6.54 Å². The molecule has 0 spiro atoms. The van der Waals surface area contributed by atoms with Crippen molar-refractivity contribution in [2.24, 2.45) is 5.92 Å². The maximum atomic E-state index is 12.0. The summed E-state index contributed by atoms with van der Waals surface area (Å²) in [5.41, 5.74) is 0.784. The second-order valence-electron chi connectivity index (χ2n) is 4.42. The highest BCUT2D eigenvalue weighted by molar-refractivity contribution is 9.09. The lowest BCUT2D eigenvalue weighted by Gasteiger charge is -2.15. The van der Waals surface area contributed by atoms with Gasteiger partial charge in [-0.25, -0.2) is 4.68 Å². The fourth-order valence-corrected chi connectivity index (χ4v) is 2.33. The first-order chi connectivity index (χ1) is 8.01. The first-order valence-corrected chi connectivity index (χ1v) is 6.99. The van der Waals surface area contributed by atoms with Gasteiger partial charge in [-0.15, -0.1) is 0 Å². The molecule has 0 aliphatic carbocycles. The van der Waals surface area contributed by atoms with Gasteiger partial charge in [0.2, 0.25) is 0 Å². The third-order valence-corrected chi connectivity index (χ3v) is 3.98. The Hall–Kier alpha value is -0.840. The van der Waals surface area contributed by atoms with Crippen LogP contribution in [0.2, 0.25) is 0 Å². The van der Waals surface area contributed by atoms with Crippen molar-refractivity contribution in [3.63, 3.8) is 0 Å². The van der Waals surface area contributed by atoms with Gasteiger partial charge in [-0.05, 0) is 26.2 Å². The predicted octanol–water partition coefficient (Wildman–Crippen LogP) is 1.96. The predicted molar refractivity (Wildman–Crippen MR) is 73.0 cm³/mol. The van der Waals surface area contributed by atoms with Crippen molar-refractivity contribution in [2.75, 3.05) is 5.33 Å². The number of halogens is 1. The van der Waals surface area contributed by atoms with E-state index in [2.05, 4.69) is 28.0 Å². The lowest BCUT2D eigenvalue weighted by atomic mass is 10.1. The molecule has 1 aromatic rings. The van der Waals surface area contributed by atoms with E-state index in [1.54, 1.807) is 13.8 Å². The fraction of sp³-hybridized carbons (Fsp3) is 0.667. The van der Waals surface area contributed by atoms with Crippen molar-refractivity contribution < 1.29 is 0 Å². The van der Waals surface area contributed by atoms with Crippen LogP contribution in [0.1, 0.15) is 30.9 Å². The van der Waals surface area contributed by atoms with Crippen molar-refractivity contribution in [1.29, 1.82) is 0 Å². The lowest BCUT2D eigenvalue weighted by Crippen LogP contribution is -2.35. The molecule has 96 valence electrons. The molecule has 0 aliphatic rings. The van der Waals surface area contributed by atoms with Gasteiger partial charge in [-0.1, -0.05) is 29.3 Å². The van der Waals surface area contributed by atoms with E-state index in [-0.39, 0.29) is 11.1 Å². The third kappa shape index (κ3) is 3.31. The SMILES string of the molecule is CCCC(CBr)Cn1[nH]c(=O)c(C)c(C)c1=O. The Labute approximate surface area is 109 Å². The molecule has 0 fully saturated rings. The van der Waals surface area contributed by atoms with Gasteiger partial charge in [0.05, 0.1) is 0 Å². The van der Waals surface area contributed by atoms with Crippen molar-refractivity contribution in [3.8, 4) is 0 Å². The molecule has 1 heterocycles. The molecule has 5 heteroatoms. The van der Waals surface area contributed by atoms with E-state index < -0.39 is 0 Å². The molecular weight excluding hydrogens is 284 g/mol. The highest BCUT2D eigenvalue weighted by Crippen LogP contribution is 2.11. The van der Waals surface area contributed by atoms with Crippen LogP contribution in [0.25, 0.3) is 0 Å². The Kier molecular flexibility index (Phi) is 5.18. The van der Waals surface area contributed by atoms with E-state index in [9.17, 15) is 9.59 Å². The number of alkyl halides is 1. The maximum Gasteiger partial charge on any atom is 0.268 e. The van der Waals surface area contributed by atoms with E-state index >= 15 is 0 Å². The lowest BCUT2D eigenvalue weighted by molar-refractivity contribution is 0.411. The number of nitrogens with one attached hydrogen (secondary N) is 1. The van der Waals surface area contributed by atoms with E-state index in [4.69, 9.17) is 0 Å². The first kappa shape index (κ1) is 14.2. The Balaban J connectivity index is 3.07. The van der Waals surface area contributed by atoms with Crippen molar-refractivity contribution in [3.05, 3.63) is 31.8 Å². The quantitative estimate of drug-likeness (QED) is 0.846. The van der Waals surface area contributed by atoms with E-state index in [0.29, 0.717) is 23.6 Å². The monoisotopic (exact) mass is 302 g/mol. The number of hydrogen-bond donors (Lipinski definition) is 1. The molecule has 0 saturated heterocycles. The molecule has 1 unspecified atom stereocenters. The number of hydrogen-bond acceptors (Lipinski definition) is 2. The van der Waals surface area contributed by atoms with Gasteiger partial charge in [0.1, 0.15) is 0 Å². The van der Waals surface area contributed by atoms with Crippen molar-refractivity contribution in [2.45, 2.75) is 40.2 Å². The zero-order valence-corrected chi connectivity index (χ0v) is 12.1. The fourth-order valence-electron chi connectivity index (χ4n) is 1.80. The van der Waals surface area contributed by atoms with Gasteiger partial charge in [-0.2, -0.15) is 0 Å². The Morgan fingerprint density at radius 2 is 1.94 bits per heavy atom. The summed E-state index contributed by atoms with van der Waals surface area (Å²) in [5, 5.41) is 3.47. The molecular formula is C12H19BrN2O2. The Morgan fingerprint density at radius 1 is 1.29 bits per heavy atom. The van der Waals surface area contributed by atoms with Crippen LogP contribution >= 0.6 is 15.9 Å². The molecule has 4 nitrogen and oxygen atoms in total. The molecule has 0 aromatic carbocycles. The second-order valence-corrected chi connectivity index (χ2v) is 5.06. The number of rotatable bonds is 5. The topological polar surface area (TPSA) is 54.9 Å². The largest absolute Gasteiger partial charge is 0.268 e. The summed E-state index contributed by atoms with van der Waals surface area (Å²) in [7, 11) is 0. The van der Waals surface area contributed by atoms with Crippen LogP contribution in [0.15, 0.2) is 9.59 Å². The van der Waals surface area contributed by atoms with Gasteiger partial charge in [0.15, 0.2) is 0 Å². The van der Waals surface area contributed by atoms with Crippen LogP contribution in [0.4, 0.5) is 0 Å². The van der Waals surface area contributed by atoms with E-state index in [1.807, 2.05) is 0 Å². The molecule has 1 atom stereocenters.